The molecular formula is C9H17Cl2OSiTi. The molecule has 14 heavy (non-hydrogen) atoms. The molecule has 5 heteroatoms. The zero-order chi connectivity index (χ0) is 9.19. The van der Waals surface area contributed by atoms with Crippen molar-refractivity contribution in [2.24, 2.45) is 0 Å². The molecule has 0 bridgehead atoms. The van der Waals surface area contributed by atoms with E-state index in [1.165, 1.54) is 9.45 Å². The molecule has 81 valence electrons. The molecule has 0 spiro atoms. The maximum absolute atomic E-state index is 5.52. The van der Waals surface area contributed by atoms with Crippen molar-refractivity contribution in [2.45, 2.75) is 25.6 Å². The molecule has 0 aromatic rings. The van der Waals surface area contributed by atoms with Gasteiger partial charge in [-0.05, 0) is 0 Å². The van der Waals surface area contributed by atoms with Crippen LogP contribution in [0.4, 0.5) is 0 Å². The summed E-state index contributed by atoms with van der Waals surface area (Å²) in [4.78, 5) is 0. The van der Waals surface area contributed by atoms with Crippen LogP contribution in [0.2, 0.25) is 19.1 Å². The summed E-state index contributed by atoms with van der Waals surface area (Å²) in [5, 5.41) is 0. The fourth-order valence-corrected chi connectivity index (χ4v) is 3.37. The van der Waals surface area contributed by atoms with Gasteiger partial charge in [0.1, 0.15) is 0 Å². The van der Waals surface area contributed by atoms with Gasteiger partial charge in [0.15, 0.2) is 0 Å². The molecule has 0 unspecified atom stereocenters. The molecule has 0 N–H and O–H groups in total. The van der Waals surface area contributed by atoms with Crippen LogP contribution in [0, 0.1) is 0 Å². The molecule has 0 aliphatic heterocycles. The minimum absolute atomic E-state index is 0. The summed E-state index contributed by atoms with van der Waals surface area (Å²) in [6.07, 6.45) is 5.64. The Labute approximate surface area is 112 Å². The third-order valence-electron chi connectivity index (χ3n) is 2.20. The Morgan fingerprint density at radius 3 is 2.36 bits per heavy atom. The number of allylic oxidation sites excluding steroid dienone is 4. The number of hydrogen-bond donors (Lipinski definition) is 0. The third-order valence-corrected chi connectivity index (χ3v) is 5.36. The summed E-state index contributed by atoms with van der Waals surface area (Å²) in [6, 6.07) is 1.16. The van der Waals surface area contributed by atoms with E-state index in [1.54, 1.807) is 0 Å². The average Bonchev–Trinajstić information content (AvgIpc) is 2.36. The second kappa shape index (κ2) is 7.26. The second-order valence-corrected chi connectivity index (χ2v) is 8.97. The predicted molar refractivity (Wildman–Crippen MR) is 64.6 cm³/mol. The van der Waals surface area contributed by atoms with Gasteiger partial charge in [-0.25, -0.2) is 0 Å². The number of halogens is 2. The molecule has 0 saturated heterocycles. The van der Waals surface area contributed by atoms with E-state index in [4.69, 9.17) is 4.43 Å². The first kappa shape index (κ1) is 17.3. The Bertz CT molecular complexity index is 239. The van der Waals surface area contributed by atoms with Gasteiger partial charge in [-0.2, -0.15) is 0 Å². The number of hydrogen-bond acceptors (Lipinski definition) is 1. The standard InChI is InChI=1S/C9H15OSi.2ClH.Ti/c1-10-11(2,3)8-9-6-4-5-7-9;;;/h4,6H,5,8H2,1-3H3;2*1H;. The van der Waals surface area contributed by atoms with Crippen LogP contribution in [-0.4, -0.2) is 15.4 Å². The maximum Gasteiger partial charge on any atom is -0.147 e. The van der Waals surface area contributed by atoms with Crippen molar-refractivity contribution in [1.29, 1.82) is 0 Å². The molecule has 1 aliphatic rings. The SMILES string of the molecule is CO[Si](C)(C)CC1=[C]([Ti])CC=C1.Cl.Cl. The van der Waals surface area contributed by atoms with Crippen LogP contribution in [0.25, 0.3) is 0 Å². The molecule has 0 heterocycles. The summed E-state index contributed by atoms with van der Waals surface area (Å²) in [6.45, 7) is 4.53. The molecule has 0 radical (unpaired) electrons. The summed E-state index contributed by atoms with van der Waals surface area (Å²) >= 11 is 2.22. The molecular weight excluding hydrogens is 271 g/mol. The fourth-order valence-electron chi connectivity index (χ4n) is 1.25. The van der Waals surface area contributed by atoms with Gasteiger partial charge in [0.25, 0.3) is 0 Å². The van der Waals surface area contributed by atoms with E-state index in [0.29, 0.717) is 0 Å². The van der Waals surface area contributed by atoms with Crippen LogP contribution < -0.4 is 0 Å². The molecule has 0 aromatic heterocycles. The smallest absolute Gasteiger partial charge is 0.147 e. The summed E-state index contributed by atoms with van der Waals surface area (Å²) in [7, 11) is 0.441. The Balaban J connectivity index is 0. The molecule has 0 fully saturated rings. The Morgan fingerprint density at radius 1 is 1.43 bits per heavy atom. The molecule has 1 rings (SSSR count). The van der Waals surface area contributed by atoms with Crippen molar-refractivity contribution in [3.8, 4) is 0 Å². The van der Waals surface area contributed by atoms with Crippen LogP contribution in [-0.2, 0) is 24.9 Å². The van der Waals surface area contributed by atoms with E-state index in [1.807, 2.05) is 7.11 Å². The average molecular weight is 288 g/mol. The first-order chi connectivity index (χ1) is 5.55. The minimum Gasteiger partial charge on any atom is -0.147 e. The van der Waals surface area contributed by atoms with Crippen molar-refractivity contribution in [3.63, 3.8) is 0 Å². The number of rotatable bonds is 3. The van der Waals surface area contributed by atoms with Crippen molar-refractivity contribution < 1.29 is 24.9 Å². The zero-order valence-corrected chi connectivity index (χ0v) is 13.0. The first-order valence-electron chi connectivity index (χ1n) is 4.20. The molecule has 1 nitrogen and oxygen atoms in total. The van der Waals surface area contributed by atoms with Crippen LogP contribution in [0.3, 0.4) is 0 Å². The predicted octanol–water partition coefficient (Wildman–Crippen LogP) is 3.44. The van der Waals surface area contributed by atoms with Crippen molar-refractivity contribution in [2.75, 3.05) is 7.11 Å². The van der Waals surface area contributed by atoms with Crippen LogP contribution in [0.5, 0.6) is 0 Å². The zero-order valence-electron chi connectivity index (χ0n) is 8.79. The minimum atomic E-state index is -1.39. The normalized spacial score (nSPS) is 15.0. The third kappa shape index (κ3) is 5.15. The largest absolute Gasteiger partial charge is 0.147 e. The summed E-state index contributed by atoms with van der Waals surface area (Å²) < 4.78 is 7.04. The van der Waals surface area contributed by atoms with E-state index in [2.05, 4.69) is 45.7 Å². The monoisotopic (exact) mass is 287 g/mol. The quantitative estimate of drug-likeness (QED) is 0.723. The fraction of sp³-hybridized carbons (Fsp3) is 0.556. The van der Waals surface area contributed by atoms with Crippen LogP contribution in [0.15, 0.2) is 21.6 Å². The van der Waals surface area contributed by atoms with Gasteiger partial charge in [0.2, 0.25) is 0 Å². The van der Waals surface area contributed by atoms with E-state index >= 15 is 0 Å². The Morgan fingerprint density at radius 2 is 2.00 bits per heavy atom. The molecule has 0 saturated carbocycles. The van der Waals surface area contributed by atoms with E-state index in [-0.39, 0.29) is 24.8 Å². The molecule has 0 atom stereocenters. The van der Waals surface area contributed by atoms with E-state index < -0.39 is 8.32 Å². The van der Waals surface area contributed by atoms with Crippen LogP contribution >= 0.6 is 24.8 Å². The van der Waals surface area contributed by atoms with Gasteiger partial charge < -0.3 is 0 Å². The van der Waals surface area contributed by atoms with Crippen LogP contribution in [0.1, 0.15) is 6.42 Å². The van der Waals surface area contributed by atoms with Gasteiger partial charge >= 0.3 is 87.5 Å². The van der Waals surface area contributed by atoms with Gasteiger partial charge in [0, 0.05) is 0 Å². The maximum atomic E-state index is 5.52. The molecule has 0 amide bonds. The summed E-state index contributed by atoms with van der Waals surface area (Å²) in [5.74, 6) is 0. The summed E-state index contributed by atoms with van der Waals surface area (Å²) in [5.41, 5.74) is 1.51. The van der Waals surface area contributed by atoms with E-state index in [9.17, 15) is 0 Å². The topological polar surface area (TPSA) is 9.23 Å². The first-order valence-corrected chi connectivity index (χ1v) is 8.10. The Kier molecular flexibility index (Phi) is 9.00. The molecule has 1 aliphatic carbocycles. The Hall–Kier alpha value is 0.951. The van der Waals surface area contributed by atoms with Gasteiger partial charge in [-0.3, -0.25) is 0 Å². The van der Waals surface area contributed by atoms with Crippen molar-refractivity contribution >= 4 is 33.1 Å². The van der Waals surface area contributed by atoms with Gasteiger partial charge in [-0.15, -0.1) is 24.8 Å². The van der Waals surface area contributed by atoms with Crippen molar-refractivity contribution in [1.82, 2.24) is 0 Å². The van der Waals surface area contributed by atoms with Gasteiger partial charge in [-0.1, -0.05) is 0 Å². The molecule has 0 aromatic carbocycles. The second-order valence-electron chi connectivity index (χ2n) is 3.75. The van der Waals surface area contributed by atoms with Gasteiger partial charge in [0.05, 0.1) is 0 Å². The van der Waals surface area contributed by atoms with Crippen molar-refractivity contribution in [3.05, 3.63) is 21.6 Å². The van der Waals surface area contributed by atoms with E-state index in [0.717, 1.165) is 12.5 Å².